The van der Waals surface area contributed by atoms with Crippen LogP contribution in [0.1, 0.15) is 19.8 Å². The summed E-state index contributed by atoms with van der Waals surface area (Å²) in [5, 5.41) is 4.30. The molecule has 6 heteroatoms. The number of hydrogen-bond acceptors (Lipinski definition) is 5. The minimum absolute atomic E-state index is 0.580. The van der Waals surface area contributed by atoms with Crippen LogP contribution < -0.4 is 15.8 Å². The molecule has 0 aliphatic heterocycles. The minimum atomic E-state index is 0.580. The number of nitrogen functional groups attached to an aromatic ring is 1. The number of rotatable bonds is 7. The summed E-state index contributed by atoms with van der Waals surface area (Å²) in [7, 11) is 0. The lowest BCUT2D eigenvalue weighted by Gasteiger charge is -2.12. The maximum Gasteiger partial charge on any atom is 0.227 e. The Kier molecular flexibility index (Phi) is 4.75. The molecule has 2 aromatic carbocycles. The van der Waals surface area contributed by atoms with E-state index in [9.17, 15) is 0 Å². The van der Waals surface area contributed by atoms with Gasteiger partial charge in [-0.25, -0.2) is 9.97 Å². The number of fused-ring (bicyclic) bond motifs is 1. The number of nitrogens with zero attached hydrogens (tertiary/aromatic N) is 3. The molecule has 5 rings (SSSR count). The normalized spacial score (nSPS) is 13.5. The zero-order valence-corrected chi connectivity index (χ0v) is 17.0. The molecule has 3 N–H and O–H groups in total. The zero-order valence-electron chi connectivity index (χ0n) is 17.0. The first-order valence-electron chi connectivity index (χ1n) is 10.4. The van der Waals surface area contributed by atoms with Gasteiger partial charge in [0.25, 0.3) is 0 Å². The van der Waals surface area contributed by atoms with E-state index >= 15 is 0 Å². The molecule has 1 aliphatic carbocycles. The predicted molar refractivity (Wildman–Crippen MR) is 121 cm³/mol. The highest BCUT2D eigenvalue weighted by atomic mass is 16.5. The highest BCUT2D eigenvalue weighted by molar-refractivity contribution is 6.01. The molecule has 0 unspecified atom stereocenters. The van der Waals surface area contributed by atoms with Crippen LogP contribution in [0.2, 0.25) is 0 Å². The Morgan fingerprint density at radius 2 is 1.87 bits per heavy atom. The molecule has 0 atom stereocenters. The average Bonchev–Trinajstić information content (AvgIpc) is 3.55. The van der Waals surface area contributed by atoms with E-state index < -0.39 is 0 Å². The van der Waals surface area contributed by atoms with Gasteiger partial charge in [0, 0.05) is 41.6 Å². The van der Waals surface area contributed by atoms with E-state index in [0.717, 1.165) is 51.7 Å². The fourth-order valence-electron chi connectivity index (χ4n) is 3.88. The van der Waals surface area contributed by atoms with Crippen molar-refractivity contribution in [2.75, 3.05) is 17.7 Å². The predicted octanol–water partition coefficient (Wildman–Crippen LogP) is 5.23. The molecular formula is C24H25N5O. The van der Waals surface area contributed by atoms with Crippen molar-refractivity contribution in [3.63, 3.8) is 0 Å². The Labute approximate surface area is 175 Å². The quantitative estimate of drug-likeness (QED) is 0.445. The fourth-order valence-corrected chi connectivity index (χ4v) is 3.88. The van der Waals surface area contributed by atoms with Crippen LogP contribution in [-0.4, -0.2) is 21.1 Å². The second-order valence-electron chi connectivity index (χ2n) is 7.70. The summed E-state index contributed by atoms with van der Waals surface area (Å²) >= 11 is 0. The molecule has 30 heavy (non-hydrogen) atoms. The largest absolute Gasteiger partial charge is 0.494 e. The summed E-state index contributed by atoms with van der Waals surface area (Å²) in [6, 6.07) is 16.3. The van der Waals surface area contributed by atoms with Gasteiger partial charge in [-0.05, 0) is 56.0 Å². The summed E-state index contributed by atoms with van der Waals surface area (Å²) < 4.78 is 8.11. The lowest BCUT2D eigenvalue weighted by Crippen LogP contribution is -2.03. The molecular weight excluding hydrogens is 374 g/mol. The first kappa shape index (κ1) is 18.5. The molecule has 152 valence electrons. The summed E-state index contributed by atoms with van der Waals surface area (Å²) in [5.41, 5.74) is 11.7. The summed E-state index contributed by atoms with van der Waals surface area (Å²) in [5.74, 6) is 2.19. The third-order valence-corrected chi connectivity index (χ3v) is 5.50. The van der Waals surface area contributed by atoms with E-state index in [1.807, 2.05) is 25.1 Å². The van der Waals surface area contributed by atoms with Crippen molar-refractivity contribution in [2.24, 2.45) is 5.92 Å². The van der Waals surface area contributed by atoms with Gasteiger partial charge >= 0.3 is 0 Å². The minimum Gasteiger partial charge on any atom is -0.494 e. The van der Waals surface area contributed by atoms with Gasteiger partial charge < -0.3 is 20.4 Å². The third-order valence-electron chi connectivity index (χ3n) is 5.50. The van der Waals surface area contributed by atoms with Gasteiger partial charge in [-0.15, -0.1) is 0 Å². The van der Waals surface area contributed by atoms with Crippen LogP contribution in [0.25, 0.3) is 22.2 Å². The Hall–Kier alpha value is -3.54. The van der Waals surface area contributed by atoms with Gasteiger partial charge in [0.1, 0.15) is 5.75 Å². The monoisotopic (exact) mass is 399 g/mol. The Morgan fingerprint density at radius 3 is 2.57 bits per heavy atom. The zero-order chi connectivity index (χ0) is 20.5. The van der Waals surface area contributed by atoms with Crippen molar-refractivity contribution < 1.29 is 4.74 Å². The van der Waals surface area contributed by atoms with Crippen LogP contribution in [0.15, 0.2) is 60.9 Å². The van der Waals surface area contributed by atoms with Gasteiger partial charge in [-0.1, -0.05) is 12.1 Å². The molecule has 1 aliphatic rings. The molecule has 0 spiro atoms. The van der Waals surface area contributed by atoms with Crippen LogP contribution in [-0.2, 0) is 6.54 Å². The Balaban J connectivity index is 1.54. The van der Waals surface area contributed by atoms with Crippen molar-refractivity contribution in [1.29, 1.82) is 0 Å². The molecule has 0 amide bonds. The molecule has 6 nitrogen and oxygen atoms in total. The first-order chi connectivity index (χ1) is 14.7. The van der Waals surface area contributed by atoms with Gasteiger partial charge in [0.05, 0.1) is 23.5 Å². The van der Waals surface area contributed by atoms with E-state index in [0.29, 0.717) is 12.6 Å². The maximum atomic E-state index is 6.66. The lowest BCUT2D eigenvalue weighted by molar-refractivity contribution is 0.340. The van der Waals surface area contributed by atoms with Crippen LogP contribution in [0.4, 0.5) is 17.3 Å². The SMILES string of the molecule is CCOc1ccc2c(N)c(-c3ccc(Nc4ncccn4)cc3)n(CC3CC3)c2c1. The number of nitrogens with one attached hydrogen (secondary N) is 1. The van der Waals surface area contributed by atoms with Crippen molar-refractivity contribution in [1.82, 2.24) is 14.5 Å². The average molecular weight is 399 g/mol. The van der Waals surface area contributed by atoms with E-state index in [4.69, 9.17) is 10.5 Å². The number of ether oxygens (including phenoxy) is 1. The van der Waals surface area contributed by atoms with Gasteiger partial charge in [0.15, 0.2) is 0 Å². The van der Waals surface area contributed by atoms with Crippen LogP contribution in [0.5, 0.6) is 5.75 Å². The molecule has 1 saturated carbocycles. The molecule has 0 radical (unpaired) electrons. The number of hydrogen-bond donors (Lipinski definition) is 2. The first-order valence-corrected chi connectivity index (χ1v) is 10.4. The molecule has 2 heterocycles. The summed E-state index contributed by atoms with van der Waals surface area (Å²) in [6.45, 7) is 3.64. The number of benzene rings is 2. The van der Waals surface area contributed by atoms with Gasteiger partial charge in [-0.3, -0.25) is 0 Å². The van der Waals surface area contributed by atoms with Crippen molar-refractivity contribution in [2.45, 2.75) is 26.3 Å². The van der Waals surface area contributed by atoms with Crippen LogP contribution >= 0.6 is 0 Å². The van der Waals surface area contributed by atoms with Crippen molar-refractivity contribution in [3.05, 3.63) is 60.9 Å². The topological polar surface area (TPSA) is 78.0 Å². The molecule has 2 aromatic heterocycles. The number of anilines is 3. The summed E-state index contributed by atoms with van der Waals surface area (Å²) in [6.07, 6.45) is 6.00. The van der Waals surface area contributed by atoms with Gasteiger partial charge in [-0.2, -0.15) is 0 Å². The fraction of sp³-hybridized carbons (Fsp3) is 0.250. The second-order valence-corrected chi connectivity index (χ2v) is 7.70. The van der Waals surface area contributed by atoms with Crippen LogP contribution in [0, 0.1) is 5.92 Å². The highest BCUT2D eigenvalue weighted by Crippen LogP contribution is 2.41. The molecule has 0 saturated heterocycles. The third kappa shape index (κ3) is 3.56. The van der Waals surface area contributed by atoms with Crippen molar-refractivity contribution >= 4 is 28.2 Å². The second kappa shape index (κ2) is 7.71. The van der Waals surface area contributed by atoms with E-state index in [-0.39, 0.29) is 0 Å². The highest BCUT2D eigenvalue weighted by Gasteiger charge is 2.26. The van der Waals surface area contributed by atoms with Crippen molar-refractivity contribution in [3.8, 4) is 17.0 Å². The van der Waals surface area contributed by atoms with E-state index in [2.05, 4.69) is 44.1 Å². The standard InChI is InChI=1S/C24H25N5O/c1-2-30-19-10-11-20-21(14-19)29(15-16-4-5-16)23(22(20)25)17-6-8-18(9-7-17)28-24-26-12-3-13-27-24/h3,6-14,16H,2,4-5,15,25H2,1H3,(H,26,27,28). The Morgan fingerprint density at radius 1 is 1.10 bits per heavy atom. The molecule has 1 fully saturated rings. The summed E-state index contributed by atoms with van der Waals surface area (Å²) in [4.78, 5) is 8.43. The Bertz CT molecular complexity index is 1160. The number of nitrogens with two attached hydrogens (primary N) is 1. The van der Waals surface area contributed by atoms with E-state index in [1.54, 1.807) is 18.5 Å². The number of aromatic nitrogens is 3. The maximum absolute atomic E-state index is 6.66. The lowest BCUT2D eigenvalue weighted by atomic mass is 10.1. The van der Waals surface area contributed by atoms with Crippen LogP contribution in [0.3, 0.4) is 0 Å². The van der Waals surface area contributed by atoms with E-state index in [1.165, 1.54) is 12.8 Å². The molecule has 4 aromatic rings. The van der Waals surface area contributed by atoms with Gasteiger partial charge in [0.2, 0.25) is 5.95 Å². The molecule has 0 bridgehead atoms. The smallest absolute Gasteiger partial charge is 0.227 e.